The van der Waals surface area contributed by atoms with Crippen LogP contribution in [0.5, 0.6) is 0 Å². The molecular formula is C32H38ClN9. The molecule has 0 spiro atoms. The second-order valence-electron chi connectivity index (χ2n) is 12.0. The number of nitrogens with two attached hydrogens (primary N) is 1. The smallest absolute Gasteiger partial charge is 0.208 e. The van der Waals surface area contributed by atoms with Crippen LogP contribution in [-0.2, 0) is 7.05 Å². The van der Waals surface area contributed by atoms with Crippen LogP contribution in [0.15, 0.2) is 48.9 Å². The zero-order chi connectivity index (χ0) is 29.0. The quantitative estimate of drug-likeness (QED) is 0.262. The Labute approximate surface area is 251 Å². The highest BCUT2D eigenvalue weighted by atomic mass is 35.5. The summed E-state index contributed by atoms with van der Waals surface area (Å²) in [5.41, 5.74) is 13.5. The number of benzene rings is 2. The molecule has 0 bridgehead atoms. The van der Waals surface area contributed by atoms with Crippen LogP contribution in [0.4, 0.5) is 17.5 Å². The van der Waals surface area contributed by atoms with Crippen molar-refractivity contribution in [1.29, 1.82) is 0 Å². The van der Waals surface area contributed by atoms with Gasteiger partial charge in [0.1, 0.15) is 23.3 Å². The molecule has 7 rings (SSSR count). The van der Waals surface area contributed by atoms with Crippen LogP contribution in [0.25, 0.3) is 33.2 Å². The van der Waals surface area contributed by atoms with Crippen LogP contribution >= 0.6 is 11.6 Å². The Kier molecular flexibility index (Phi) is 7.04. The van der Waals surface area contributed by atoms with Gasteiger partial charge in [-0.3, -0.25) is 4.90 Å². The Morgan fingerprint density at radius 1 is 0.905 bits per heavy atom. The Morgan fingerprint density at radius 2 is 1.62 bits per heavy atom. The van der Waals surface area contributed by atoms with Gasteiger partial charge in [-0.2, -0.15) is 0 Å². The average molecular weight is 584 g/mol. The lowest BCUT2D eigenvalue weighted by Gasteiger charge is -2.41. The monoisotopic (exact) mass is 583 g/mol. The molecule has 0 radical (unpaired) electrons. The van der Waals surface area contributed by atoms with E-state index in [1.54, 1.807) is 6.33 Å². The predicted octanol–water partition coefficient (Wildman–Crippen LogP) is 6.00. The maximum Gasteiger partial charge on any atom is 0.208 e. The number of imidazole rings is 1. The van der Waals surface area contributed by atoms with Crippen molar-refractivity contribution in [3.63, 3.8) is 0 Å². The van der Waals surface area contributed by atoms with Gasteiger partial charge in [0.05, 0.1) is 15.9 Å². The number of aromatic nitrogens is 5. The third kappa shape index (κ3) is 4.79. The third-order valence-electron chi connectivity index (χ3n) is 9.38. The summed E-state index contributed by atoms with van der Waals surface area (Å²) in [6, 6.07) is 13.4. The predicted molar refractivity (Wildman–Crippen MR) is 171 cm³/mol. The highest BCUT2D eigenvalue weighted by Gasteiger charge is 2.30. The topological polar surface area (TPSA) is 93.1 Å². The molecule has 4 heterocycles. The van der Waals surface area contributed by atoms with Gasteiger partial charge in [0, 0.05) is 62.8 Å². The number of aryl methyl sites for hydroxylation is 2. The van der Waals surface area contributed by atoms with Crippen LogP contribution in [-0.4, -0.2) is 73.2 Å². The number of piperazine rings is 1. The summed E-state index contributed by atoms with van der Waals surface area (Å²) in [6.07, 6.45) is 8.57. The molecule has 5 aromatic rings. The van der Waals surface area contributed by atoms with E-state index in [1.165, 1.54) is 39.0 Å². The fourth-order valence-corrected chi connectivity index (χ4v) is 7.14. The molecule has 1 saturated heterocycles. The molecule has 9 nitrogen and oxygen atoms in total. The summed E-state index contributed by atoms with van der Waals surface area (Å²) in [5, 5.41) is 5.05. The minimum absolute atomic E-state index is 0.410. The summed E-state index contributed by atoms with van der Waals surface area (Å²) in [7, 11) is 4.23. The number of nitrogens with zero attached hydrogens (tertiary/aromatic N) is 7. The number of fused-ring (bicyclic) bond motifs is 2. The Bertz CT molecular complexity index is 1740. The van der Waals surface area contributed by atoms with E-state index in [4.69, 9.17) is 27.3 Å². The van der Waals surface area contributed by atoms with Gasteiger partial charge in [-0.15, -0.1) is 0 Å². The highest BCUT2D eigenvalue weighted by Crippen LogP contribution is 2.39. The lowest BCUT2D eigenvalue weighted by molar-refractivity contribution is 0.0828. The summed E-state index contributed by atoms with van der Waals surface area (Å²) < 4.78 is 4.41. The van der Waals surface area contributed by atoms with E-state index in [2.05, 4.69) is 73.7 Å². The summed E-state index contributed by atoms with van der Waals surface area (Å²) in [5.74, 6) is 1.27. The zero-order valence-electron chi connectivity index (χ0n) is 24.5. The van der Waals surface area contributed by atoms with Gasteiger partial charge in [-0.05, 0) is 69.0 Å². The molecule has 0 atom stereocenters. The number of likely N-dealkylation sites (N-methyl/N-ethyl adjacent to an activating group) is 1. The molecule has 0 amide bonds. The summed E-state index contributed by atoms with van der Waals surface area (Å²) >= 11 is 6.44. The number of anilines is 3. The molecule has 1 aliphatic heterocycles. The van der Waals surface area contributed by atoms with Crippen molar-refractivity contribution in [3.05, 3.63) is 59.5 Å². The Hall–Kier alpha value is -3.66. The van der Waals surface area contributed by atoms with E-state index < -0.39 is 0 Å². The van der Waals surface area contributed by atoms with Crippen molar-refractivity contribution in [1.82, 2.24) is 33.9 Å². The van der Waals surface area contributed by atoms with E-state index in [0.717, 1.165) is 63.2 Å². The lowest BCUT2D eigenvalue weighted by Crippen LogP contribution is -2.49. The van der Waals surface area contributed by atoms with Gasteiger partial charge in [-0.1, -0.05) is 29.8 Å². The SMILES string of the molecule is Cc1ccc(Cl)c2nc(Nc3ccc(-c4cn(C5CCC(N6CCN(C)CC6)CC5)c5ncnc(N)c45)cc3)n(C)c12. The second kappa shape index (κ2) is 10.9. The molecule has 2 fully saturated rings. The number of nitrogen functional groups attached to an aromatic ring is 1. The van der Waals surface area contributed by atoms with E-state index in [9.17, 15) is 0 Å². The first-order valence-electron chi connectivity index (χ1n) is 14.9. The summed E-state index contributed by atoms with van der Waals surface area (Å²) in [6.45, 7) is 6.77. The second-order valence-corrected chi connectivity index (χ2v) is 12.4. The number of rotatable bonds is 5. The maximum atomic E-state index is 6.47. The standard InChI is InChI=1S/C32H38ClN9/c1-20-4-13-26(33)28-29(20)40(3)32(38-28)37-22-7-5-21(6-8-22)25-18-42(31-27(25)30(34)35-19-36-31)24-11-9-23(10-12-24)41-16-14-39(2)15-17-41/h4-8,13,18-19,23-24H,9-12,14-17H2,1-3H3,(H,37,38)(H2,34,35,36). The van der Waals surface area contributed by atoms with Gasteiger partial charge >= 0.3 is 0 Å². The van der Waals surface area contributed by atoms with E-state index >= 15 is 0 Å². The molecule has 1 saturated carbocycles. The van der Waals surface area contributed by atoms with Gasteiger partial charge in [-0.25, -0.2) is 15.0 Å². The first kappa shape index (κ1) is 27.2. The number of hydrogen-bond acceptors (Lipinski definition) is 7. The van der Waals surface area contributed by atoms with Crippen molar-refractivity contribution in [2.24, 2.45) is 7.05 Å². The van der Waals surface area contributed by atoms with Crippen molar-refractivity contribution in [2.75, 3.05) is 44.3 Å². The molecule has 3 aromatic heterocycles. The molecule has 3 N–H and O–H groups in total. The van der Waals surface area contributed by atoms with Gasteiger partial charge in [0.2, 0.25) is 5.95 Å². The molecule has 2 aliphatic rings. The van der Waals surface area contributed by atoms with Gasteiger partial charge in [0.15, 0.2) is 0 Å². The van der Waals surface area contributed by atoms with E-state index in [1.807, 2.05) is 19.2 Å². The largest absolute Gasteiger partial charge is 0.383 e. The normalized spacial score (nSPS) is 20.5. The molecule has 218 valence electrons. The Balaban J connectivity index is 1.14. The van der Waals surface area contributed by atoms with Crippen molar-refractivity contribution < 1.29 is 0 Å². The number of halogens is 1. The third-order valence-corrected chi connectivity index (χ3v) is 9.68. The number of hydrogen-bond donors (Lipinski definition) is 2. The van der Waals surface area contributed by atoms with E-state index in [0.29, 0.717) is 22.9 Å². The fraction of sp³-hybridized carbons (Fsp3) is 0.406. The molecular weight excluding hydrogens is 546 g/mol. The van der Waals surface area contributed by atoms with Crippen molar-refractivity contribution in [2.45, 2.75) is 44.7 Å². The number of nitrogens with one attached hydrogen (secondary N) is 1. The maximum absolute atomic E-state index is 6.47. The van der Waals surface area contributed by atoms with Gasteiger partial charge < -0.3 is 25.1 Å². The van der Waals surface area contributed by atoms with Crippen LogP contribution in [0, 0.1) is 6.92 Å². The van der Waals surface area contributed by atoms with Gasteiger partial charge in [0.25, 0.3) is 0 Å². The van der Waals surface area contributed by atoms with E-state index in [-0.39, 0.29) is 0 Å². The molecule has 0 unspecified atom stereocenters. The summed E-state index contributed by atoms with van der Waals surface area (Å²) in [4.78, 5) is 19.0. The minimum Gasteiger partial charge on any atom is -0.383 e. The highest BCUT2D eigenvalue weighted by molar-refractivity contribution is 6.35. The molecule has 42 heavy (non-hydrogen) atoms. The van der Waals surface area contributed by atoms with Crippen molar-refractivity contribution >= 4 is 51.1 Å². The van der Waals surface area contributed by atoms with Crippen LogP contribution < -0.4 is 11.1 Å². The zero-order valence-corrected chi connectivity index (χ0v) is 25.3. The van der Waals surface area contributed by atoms with Crippen LogP contribution in [0.2, 0.25) is 5.02 Å². The first-order valence-corrected chi connectivity index (χ1v) is 15.3. The molecule has 1 aliphatic carbocycles. The Morgan fingerprint density at radius 3 is 2.33 bits per heavy atom. The lowest BCUT2D eigenvalue weighted by atomic mass is 9.89. The molecule has 2 aromatic carbocycles. The first-order chi connectivity index (χ1) is 20.4. The van der Waals surface area contributed by atoms with Crippen LogP contribution in [0.1, 0.15) is 37.3 Å². The fourth-order valence-electron chi connectivity index (χ4n) is 6.94. The van der Waals surface area contributed by atoms with Crippen LogP contribution in [0.3, 0.4) is 0 Å². The van der Waals surface area contributed by atoms with Crippen molar-refractivity contribution in [3.8, 4) is 11.1 Å². The minimum atomic E-state index is 0.410. The molecule has 10 heteroatoms. The average Bonchev–Trinajstić information content (AvgIpc) is 3.56.